The smallest absolute Gasteiger partial charge is 0.261 e. The van der Waals surface area contributed by atoms with Crippen molar-refractivity contribution in [1.29, 1.82) is 0 Å². The Hall–Kier alpha value is -3.02. The molecule has 3 aromatic carbocycles. The molecule has 1 aliphatic rings. The Morgan fingerprint density at radius 3 is 2.31 bits per heavy atom. The van der Waals surface area contributed by atoms with Gasteiger partial charge in [-0.1, -0.05) is 98.4 Å². The highest BCUT2D eigenvalue weighted by molar-refractivity contribution is 6.35. The number of hydrogen-bond acceptors (Lipinski definition) is 3. The number of carbonyl (C=O) groups excluding carboxylic acids is 2. The van der Waals surface area contributed by atoms with Crippen LogP contribution in [0.4, 0.5) is 0 Å². The molecule has 0 bridgehead atoms. The minimum absolute atomic E-state index is 0.127. The molecule has 3 aromatic rings. The molecule has 1 fully saturated rings. The average molecular weight is 568 g/mol. The fourth-order valence-corrected chi connectivity index (χ4v) is 5.40. The van der Waals surface area contributed by atoms with Crippen molar-refractivity contribution >= 4 is 35.0 Å². The molecule has 4 rings (SSSR count). The zero-order chi connectivity index (χ0) is 27.8. The van der Waals surface area contributed by atoms with Crippen LogP contribution < -0.4 is 10.1 Å². The number of benzene rings is 3. The third-order valence-electron chi connectivity index (χ3n) is 7.24. The zero-order valence-electron chi connectivity index (χ0n) is 22.5. The van der Waals surface area contributed by atoms with Gasteiger partial charge in [-0.25, -0.2) is 0 Å². The van der Waals surface area contributed by atoms with Crippen LogP contribution in [-0.4, -0.2) is 35.4 Å². The fraction of sp³-hybridized carbons (Fsp3) is 0.375. The molecule has 0 spiro atoms. The fourth-order valence-electron chi connectivity index (χ4n) is 4.93. The minimum atomic E-state index is -0.737. The molecule has 1 atom stereocenters. The van der Waals surface area contributed by atoms with E-state index in [1.807, 2.05) is 54.6 Å². The molecule has 1 aliphatic carbocycles. The lowest BCUT2D eigenvalue weighted by atomic mass is 10.0. The Labute approximate surface area is 241 Å². The predicted octanol–water partition coefficient (Wildman–Crippen LogP) is 7.19. The standard InChI is InChI=1S/C32H36Cl2N2O3/c1-22(2)24-13-16-28(17-14-24)39-21-31(37)36(20-25-12-15-26(33)19-29(25)34)30(18-23-8-4-3-5-9-23)32(38)35-27-10-6-7-11-27/h3-5,8-9,12-17,19,22,27,30H,6-7,10-11,18,20-21H2,1-2H3,(H,35,38). The average Bonchev–Trinajstić information content (AvgIpc) is 3.44. The predicted molar refractivity (Wildman–Crippen MR) is 157 cm³/mol. The van der Waals surface area contributed by atoms with E-state index in [4.69, 9.17) is 27.9 Å². The number of carbonyl (C=O) groups is 2. The summed E-state index contributed by atoms with van der Waals surface area (Å²) in [5, 5.41) is 4.16. The van der Waals surface area contributed by atoms with Gasteiger partial charge in [-0.3, -0.25) is 9.59 Å². The largest absolute Gasteiger partial charge is 0.484 e. The van der Waals surface area contributed by atoms with Crippen molar-refractivity contribution in [1.82, 2.24) is 10.2 Å². The molecule has 1 saturated carbocycles. The van der Waals surface area contributed by atoms with E-state index in [2.05, 4.69) is 19.2 Å². The number of nitrogens with one attached hydrogen (secondary N) is 1. The number of rotatable bonds is 11. The normalized spacial score (nSPS) is 14.3. The number of ether oxygens (including phenoxy) is 1. The molecule has 0 aliphatic heterocycles. The first kappa shape index (κ1) is 29.0. The summed E-state index contributed by atoms with van der Waals surface area (Å²) in [5.74, 6) is 0.548. The SMILES string of the molecule is CC(C)c1ccc(OCC(=O)N(Cc2ccc(Cl)cc2Cl)C(Cc2ccccc2)C(=O)NC2CCCC2)cc1. The van der Waals surface area contributed by atoms with Gasteiger partial charge in [0.1, 0.15) is 11.8 Å². The van der Waals surface area contributed by atoms with Gasteiger partial charge in [-0.15, -0.1) is 0 Å². The van der Waals surface area contributed by atoms with Crippen LogP contribution in [0.3, 0.4) is 0 Å². The highest BCUT2D eigenvalue weighted by atomic mass is 35.5. The van der Waals surface area contributed by atoms with Gasteiger partial charge in [-0.2, -0.15) is 0 Å². The Morgan fingerprint density at radius 1 is 0.974 bits per heavy atom. The van der Waals surface area contributed by atoms with Crippen molar-refractivity contribution in [3.63, 3.8) is 0 Å². The summed E-state index contributed by atoms with van der Waals surface area (Å²) in [7, 11) is 0. The van der Waals surface area contributed by atoms with Crippen LogP contribution in [0, 0.1) is 0 Å². The van der Waals surface area contributed by atoms with Crippen molar-refractivity contribution in [2.45, 2.75) is 70.5 Å². The molecule has 0 heterocycles. The van der Waals surface area contributed by atoms with Gasteiger partial charge in [-0.05, 0) is 59.7 Å². The zero-order valence-corrected chi connectivity index (χ0v) is 24.0. The Bertz CT molecular complexity index is 1240. The molecule has 0 radical (unpaired) electrons. The third kappa shape index (κ3) is 8.23. The van der Waals surface area contributed by atoms with Gasteiger partial charge in [0.25, 0.3) is 5.91 Å². The Kier molecular flexibility index (Phi) is 10.3. The third-order valence-corrected chi connectivity index (χ3v) is 7.82. The number of hydrogen-bond donors (Lipinski definition) is 1. The molecule has 39 heavy (non-hydrogen) atoms. The van der Waals surface area contributed by atoms with Gasteiger partial charge in [0.2, 0.25) is 5.91 Å². The van der Waals surface area contributed by atoms with Crippen molar-refractivity contribution < 1.29 is 14.3 Å². The molecular weight excluding hydrogens is 531 g/mol. The number of amides is 2. The molecule has 7 heteroatoms. The van der Waals surface area contributed by atoms with E-state index < -0.39 is 6.04 Å². The Balaban J connectivity index is 1.61. The van der Waals surface area contributed by atoms with Crippen LogP contribution in [0.1, 0.15) is 62.1 Å². The van der Waals surface area contributed by atoms with E-state index in [1.54, 1.807) is 23.1 Å². The molecule has 1 N–H and O–H groups in total. The molecule has 0 aromatic heterocycles. The van der Waals surface area contributed by atoms with Gasteiger partial charge >= 0.3 is 0 Å². The van der Waals surface area contributed by atoms with Crippen molar-refractivity contribution in [3.05, 3.63) is 99.5 Å². The topological polar surface area (TPSA) is 58.6 Å². The van der Waals surface area contributed by atoms with E-state index >= 15 is 0 Å². The molecule has 1 unspecified atom stereocenters. The second-order valence-electron chi connectivity index (χ2n) is 10.5. The van der Waals surface area contributed by atoms with E-state index in [1.165, 1.54) is 5.56 Å². The maximum atomic E-state index is 13.8. The second-order valence-corrected chi connectivity index (χ2v) is 11.3. The van der Waals surface area contributed by atoms with E-state index in [9.17, 15) is 9.59 Å². The lowest BCUT2D eigenvalue weighted by Gasteiger charge is -2.32. The highest BCUT2D eigenvalue weighted by Gasteiger charge is 2.32. The van der Waals surface area contributed by atoms with Crippen molar-refractivity contribution in [2.24, 2.45) is 0 Å². The molecule has 206 valence electrons. The first-order chi connectivity index (χ1) is 18.8. The van der Waals surface area contributed by atoms with Crippen LogP contribution in [0.2, 0.25) is 10.0 Å². The number of nitrogens with zero attached hydrogens (tertiary/aromatic N) is 1. The van der Waals surface area contributed by atoms with Crippen molar-refractivity contribution in [2.75, 3.05) is 6.61 Å². The van der Waals surface area contributed by atoms with Gasteiger partial charge in [0, 0.05) is 29.1 Å². The molecule has 2 amide bonds. The van der Waals surface area contributed by atoms with Gasteiger partial charge in [0.15, 0.2) is 6.61 Å². The summed E-state index contributed by atoms with van der Waals surface area (Å²) < 4.78 is 5.91. The summed E-state index contributed by atoms with van der Waals surface area (Å²) in [6.45, 7) is 4.21. The Morgan fingerprint density at radius 2 is 1.67 bits per heavy atom. The quantitative estimate of drug-likeness (QED) is 0.267. The molecule has 0 saturated heterocycles. The summed E-state index contributed by atoms with van der Waals surface area (Å²) >= 11 is 12.6. The molecule has 5 nitrogen and oxygen atoms in total. The van der Waals surface area contributed by atoms with Crippen LogP contribution in [-0.2, 0) is 22.6 Å². The summed E-state index contributed by atoms with van der Waals surface area (Å²) in [6, 6.07) is 22.1. The highest BCUT2D eigenvalue weighted by Crippen LogP contribution is 2.25. The lowest BCUT2D eigenvalue weighted by Crippen LogP contribution is -2.53. The van der Waals surface area contributed by atoms with E-state index in [0.717, 1.165) is 31.2 Å². The second kappa shape index (κ2) is 13.9. The minimum Gasteiger partial charge on any atom is -0.484 e. The summed E-state index contributed by atoms with van der Waals surface area (Å²) in [4.78, 5) is 29.1. The lowest BCUT2D eigenvalue weighted by molar-refractivity contribution is -0.143. The summed E-state index contributed by atoms with van der Waals surface area (Å²) in [6.07, 6.45) is 4.48. The summed E-state index contributed by atoms with van der Waals surface area (Å²) in [5.41, 5.74) is 2.87. The van der Waals surface area contributed by atoms with Gasteiger partial charge < -0.3 is 15.0 Å². The van der Waals surface area contributed by atoms with Crippen LogP contribution in [0.15, 0.2) is 72.8 Å². The van der Waals surface area contributed by atoms with Crippen molar-refractivity contribution in [3.8, 4) is 5.75 Å². The van der Waals surface area contributed by atoms with Crippen LogP contribution in [0.5, 0.6) is 5.75 Å². The van der Waals surface area contributed by atoms with E-state index in [0.29, 0.717) is 33.7 Å². The maximum absolute atomic E-state index is 13.8. The molecular formula is C32H36Cl2N2O3. The number of halogens is 2. The monoisotopic (exact) mass is 566 g/mol. The van der Waals surface area contributed by atoms with E-state index in [-0.39, 0.29) is 31.0 Å². The van der Waals surface area contributed by atoms with Crippen LogP contribution >= 0.6 is 23.2 Å². The maximum Gasteiger partial charge on any atom is 0.261 e. The van der Waals surface area contributed by atoms with Gasteiger partial charge in [0.05, 0.1) is 0 Å². The first-order valence-electron chi connectivity index (χ1n) is 13.6. The first-order valence-corrected chi connectivity index (χ1v) is 14.4. The van der Waals surface area contributed by atoms with Crippen LogP contribution in [0.25, 0.3) is 0 Å².